The van der Waals surface area contributed by atoms with E-state index in [9.17, 15) is 14.4 Å². The first-order valence-electron chi connectivity index (χ1n) is 6.37. The Hall–Kier alpha value is -2.60. The van der Waals surface area contributed by atoms with Gasteiger partial charge in [0.05, 0.1) is 0 Å². The maximum absolute atomic E-state index is 11.7. The highest BCUT2D eigenvalue weighted by atomic mass is 35.5. The second-order valence-corrected chi connectivity index (χ2v) is 4.93. The number of esters is 1. The minimum absolute atomic E-state index is 0.112. The van der Waals surface area contributed by atoms with Gasteiger partial charge in [-0.15, -0.1) is 0 Å². The lowest BCUT2D eigenvalue weighted by molar-refractivity contribution is -0.119. The molecule has 6 nitrogen and oxygen atoms in total. The summed E-state index contributed by atoms with van der Waals surface area (Å²) in [6, 6.07) is 7.97. The zero-order valence-electron chi connectivity index (χ0n) is 11.7. The molecule has 0 aliphatic carbocycles. The normalized spacial score (nSPS) is 10.1. The van der Waals surface area contributed by atoms with Gasteiger partial charge < -0.3 is 15.0 Å². The third kappa shape index (κ3) is 4.20. The molecule has 0 aliphatic heterocycles. The molecular formula is C15H13ClN2O4. The van der Waals surface area contributed by atoms with Gasteiger partial charge in [-0.05, 0) is 31.2 Å². The molecule has 22 heavy (non-hydrogen) atoms. The van der Waals surface area contributed by atoms with Gasteiger partial charge in [0.25, 0.3) is 5.91 Å². The highest BCUT2D eigenvalue weighted by Gasteiger charge is 2.13. The van der Waals surface area contributed by atoms with Gasteiger partial charge in [0.15, 0.2) is 12.4 Å². The zero-order valence-corrected chi connectivity index (χ0v) is 12.4. The number of benzene rings is 1. The summed E-state index contributed by atoms with van der Waals surface area (Å²) in [6.45, 7) is 0.941. The number of carbonyl (C=O) groups excluding carboxylic acids is 3. The second-order valence-electron chi connectivity index (χ2n) is 4.49. The fourth-order valence-corrected chi connectivity index (χ4v) is 1.88. The standard InChI is InChI=1S/C15H13ClN2O4/c1-9(19)10-5-13(17-7-10)15(21)22-8-14(20)18-12-4-2-3-11(16)6-12/h2-7,17H,8H2,1H3,(H,18,20). The van der Waals surface area contributed by atoms with E-state index in [1.54, 1.807) is 24.3 Å². The van der Waals surface area contributed by atoms with E-state index in [0.29, 0.717) is 16.3 Å². The number of anilines is 1. The van der Waals surface area contributed by atoms with Gasteiger partial charge in [0, 0.05) is 22.5 Å². The van der Waals surface area contributed by atoms with Gasteiger partial charge in [-0.25, -0.2) is 4.79 Å². The van der Waals surface area contributed by atoms with Crippen molar-refractivity contribution in [3.8, 4) is 0 Å². The van der Waals surface area contributed by atoms with Crippen molar-refractivity contribution in [1.29, 1.82) is 0 Å². The van der Waals surface area contributed by atoms with Crippen LogP contribution in [0.2, 0.25) is 5.02 Å². The van der Waals surface area contributed by atoms with Crippen molar-refractivity contribution in [3.05, 3.63) is 52.8 Å². The molecule has 0 unspecified atom stereocenters. The van der Waals surface area contributed by atoms with Gasteiger partial charge in [0.2, 0.25) is 0 Å². The largest absolute Gasteiger partial charge is 0.451 e. The lowest BCUT2D eigenvalue weighted by Gasteiger charge is -2.06. The van der Waals surface area contributed by atoms with Gasteiger partial charge in [-0.1, -0.05) is 17.7 Å². The van der Waals surface area contributed by atoms with Crippen molar-refractivity contribution in [3.63, 3.8) is 0 Å². The number of aromatic nitrogens is 1. The number of hydrogen-bond acceptors (Lipinski definition) is 4. The number of H-pyrrole nitrogens is 1. The average Bonchev–Trinajstić information content (AvgIpc) is 2.95. The van der Waals surface area contributed by atoms with E-state index in [1.165, 1.54) is 19.2 Å². The molecule has 0 saturated heterocycles. The SMILES string of the molecule is CC(=O)c1c[nH]c(C(=O)OCC(=O)Nc2cccc(Cl)c2)c1. The van der Waals surface area contributed by atoms with E-state index < -0.39 is 18.5 Å². The maximum atomic E-state index is 11.7. The minimum atomic E-state index is -0.714. The first kappa shape index (κ1) is 15.8. The van der Waals surface area contributed by atoms with Crippen LogP contribution in [0.15, 0.2) is 36.5 Å². The van der Waals surface area contributed by atoms with E-state index in [4.69, 9.17) is 16.3 Å². The number of carbonyl (C=O) groups is 3. The van der Waals surface area contributed by atoms with Crippen LogP contribution < -0.4 is 5.32 Å². The van der Waals surface area contributed by atoms with Crippen molar-refractivity contribution in [2.75, 3.05) is 11.9 Å². The number of Topliss-reactive ketones (excluding diaryl/α,β-unsaturated/α-hetero) is 1. The number of nitrogens with one attached hydrogen (secondary N) is 2. The second kappa shape index (κ2) is 6.91. The number of hydrogen-bond donors (Lipinski definition) is 2. The Morgan fingerprint density at radius 1 is 1.27 bits per heavy atom. The van der Waals surface area contributed by atoms with Gasteiger partial charge in [0.1, 0.15) is 5.69 Å². The lowest BCUT2D eigenvalue weighted by atomic mass is 10.2. The fourth-order valence-electron chi connectivity index (χ4n) is 1.69. The van der Waals surface area contributed by atoms with Crippen LogP contribution in [0.5, 0.6) is 0 Å². The molecule has 0 atom stereocenters. The molecule has 1 heterocycles. The third-order valence-corrected chi connectivity index (χ3v) is 2.99. The number of ketones is 1. The van der Waals surface area contributed by atoms with E-state index in [-0.39, 0.29) is 11.5 Å². The molecule has 1 amide bonds. The molecule has 1 aromatic heterocycles. The third-order valence-electron chi connectivity index (χ3n) is 2.75. The molecule has 2 N–H and O–H groups in total. The van der Waals surface area contributed by atoms with E-state index in [0.717, 1.165) is 0 Å². The summed E-state index contributed by atoms with van der Waals surface area (Å²) in [6.07, 6.45) is 1.41. The Morgan fingerprint density at radius 2 is 2.05 bits per heavy atom. The van der Waals surface area contributed by atoms with Crippen LogP contribution in [-0.2, 0) is 9.53 Å². The molecule has 0 radical (unpaired) electrons. The van der Waals surface area contributed by atoms with Crippen LogP contribution in [0.4, 0.5) is 5.69 Å². The number of rotatable bonds is 5. The number of amides is 1. The highest BCUT2D eigenvalue weighted by Crippen LogP contribution is 2.14. The molecular weight excluding hydrogens is 308 g/mol. The number of aromatic amines is 1. The predicted octanol–water partition coefficient (Wildman–Crippen LogP) is 2.67. The van der Waals surface area contributed by atoms with Crippen LogP contribution >= 0.6 is 11.6 Å². The smallest absolute Gasteiger partial charge is 0.355 e. The summed E-state index contributed by atoms with van der Waals surface area (Å²) in [5, 5.41) is 3.03. The summed E-state index contributed by atoms with van der Waals surface area (Å²) >= 11 is 5.80. The Morgan fingerprint density at radius 3 is 2.68 bits per heavy atom. The quantitative estimate of drug-likeness (QED) is 0.655. The van der Waals surface area contributed by atoms with Crippen molar-refractivity contribution in [2.45, 2.75) is 6.92 Å². The summed E-state index contributed by atoms with van der Waals surface area (Å²) in [5.41, 5.74) is 0.989. The topological polar surface area (TPSA) is 88.3 Å². The van der Waals surface area contributed by atoms with E-state index >= 15 is 0 Å². The first-order chi connectivity index (χ1) is 10.5. The van der Waals surface area contributed by atoms with E-state index in [2.05, 4.69) is 10.3 Å². The van der Waals surface area contributed by atoms with Crippen molar-refractivity contribution < 1.29 is 19.1 Å². The Balaban J connectivity index is 1.87. The Bertz CT molecular complexity index is 724. The first-order valence-corrected chi connectivity index (χ1v) is 6.75. The summed E-state index contributed by atoms with van der Waals surface area (Å²) in [5.74, 6) is -1.38. The van der Waals surface area contributed by atoms with Gasteiger partial charge >= 0.3 is 5.97 Å². The molecule has 0 fully saturated rings. The minimum Gasteiger partial charge on any atom is -0.451 e. The maximum Gasteiger partial charge on any atom is 0.355 e. The summed E-state index contributed by atoms with van der Waals surface area (Å²) in [4.78, 5) is 37.2. The fraction of sp³-hybridized carbons (Fsp3) is 0.133. The van der Waals surface area contributed by atoms with Crippen molar-refractivity contribution in [2.24, 2.45) is 0 Å². The van der Waals surface area contributed by atoms with Crippen LogP contribution in [0.1, 0.15) is 27.8 Å². The average molecular weight is 321 g/mol. The van der Waals surface area contributed by atoms with Crippen LogP contribution in [0.3, 0.4) is 0 Å². The van der Waals surface area contributed by atoms with Crippen LogP contribution in [0, 0.1) is 0 Å². The Labute approximate surface area is 131 Å². The highest BCUT2D eigenvalue weighted by molar-refractivity contribution is 6.30. The molecule has 114 valence electrons. The number of halogens is 1. The molecule has 2 aromatic rings. The lowest BCUT2D eigenvalue weighted by Crippen LogP contribution is -2.21. The number of ether oxygens (including phenoxy) is 1. The van der Waals surface area contributed by atoms with Gasteiger partial charge in [-0.2, -0.15) is 0 Å². The van der Waals surface area contributed by atoms with Crippen LogP contribution in [0.25, 0.3) is 0 Å². The Kier molecular flexibility index (Phi) is 4.95. The molecule has 2 rings (SSSR count). The zero-order chi connectivity index (χ0) is 16.1. The molecule has 0 spiro atoms. The van der Waals surface area contributed by atoms with Gasteiger partial charge in [-0.3, -0.25) is 9.59 Å². The van der Waals surface area contributed by atoms with Crippen molar-refractivity contribution >= 4 is 34.9 Å². The van der Waals surface area contributed by atoms with E-state index in [1.807, 2.05) is 0 Å². The van der Waals surface area contributed by atoms with Crippen molar-refractivity contribution in [1.82, 2.24) is 4.98 Å². The molecule has 7 heteroatoms. The summed E-state index contributed by atoms with van der Waals surface area (Å²) < 4.78 is 4.86. The molecule has 0 bridgehead atoms. The molecule has 0 aliphatic rings. The predicted molar refractivity (Wildman–Crippen MR) is 81.2 cm³/mol. The monoisotopic (exact) mass is 320 g/mol. The summed E-state index contributed by atoms with van der Waals surface area (Å²) in [7, 11) is 0. The molecule has 1 aromatic carbocycles. The van der Waals surface area contributed by atoms with Crippen LogP contribution in [-0.4, -0.2) is 29.3 Å². The molecule has 0 saturated carbocycles.